The van der Waals surface area contributed by atoms with Gasteiger partial charge >= 0.3 is 0 Å². The maximum Gasteiger partial charge on any atom is 0.262 e. The molecule has 0 saturated heterocycles. The van der Waals surface area contributed by atoms with Crippen LogP contribution in [0.3, 0.4) is 0 Å². The van der Waals surface area contributed by atoms with Crippen molar-refractivity contribution in [2.75, 3.05) is 11.9 Å². The van der Waals surface area contributed by atoms with Gasteiger partial charge in [0, 0.05) is 10.2 Å². The van der Waals surface area contributed by atoms with Gasteiger partial charge in [-0.1, -0.05) is 22.0 Å². The lowest BCUT2D eigenvalue weighted by atomic mass is 9.92. The van der Waals surface area contributed by atoms with Gasteiger partial charge in [-0.3, -0.25) is 4.79 Å². The summed E-state index contributed by atoms with van der Waals surface area (Å²) in [6.45, 7) is 3.99. The summed E-state index contributed by atoms with van der Waals surface area (Å²) in [7, 11) is 0. The Balaban J connectivity index is 1.62. The largest absolute Gasteiger partial charge is 0.484 e. The van der Waals surface area contributed by atoms with Gasteiger partial charge in [-0.15, -0.1) is 0 Å². The topological polar surface area (TPSA) is 38.3 Å². The summed E-state index contributed by atoms with van der Waals surface area (Å²) in [5, 5.41) is 2.95. The van der Waals surface area contributed by atoms with E-state index in [4.69, 9.17) is 4.74 Å². The van der Waals surface area contributed by atoms with Crippen LogP contribution in [0.15, 0.2) is 34.8 Å². The van der Waals surface area contributed by atoms with Gasteiger partial charge in [0.25, 0.3) is 5.91 Å². The summed E-state index contributed by atoms with van der Waals surface area (Å²) < 4.78 is 6.70. The van der Waals surface area contributed by atoms with Crippen LogP contribution in [0.4, 0.5) is 5.69 Å². The Hall–Kier alpha value is -1.81. The number of benzene rings is 2. The molecule has 0 aliphatic heterocycles. The lowest BCUT2D eigenvalue weighted by molar-refractivity contribution is -0.118. The van der Waals surface area contributed by atoms with Crippen LogP contribution in [0.2, 0.25) is 0 Å². The van der Waals surface area contributed by atoms with Crippen molar-refractivity contribution in [1.29, 1.82) is 0 Å². The molecule has 24 heavy (non-hydrogen) atoms. The molecule has 0 bridgehead atoms. The van der Waals surface area contributed by atoms with Gasteiger partial charge in [-0.05, 0) is 86.1 Å². The highest BCUT2D eigenvalue weighted by molar-refractivity contribution is 9.10. The van der Waals surface area contributed by atoms with Gasteiger partial charge in [0.2, 0.25) is 0 Å². The summed E-state index contributed by atoms with van der Waals surface area (Å²) in [6.07, 6.45) is 4.76. The Labute approximate surface area is 151 Å². The molecule has 1 aliphatic carbocycles. The molecule has 126 valence electrons. The second-order valence-electron chi connectivity index (χ2n) is 6.39. The maximum atomic E-state index is 12.2. The van der Waals surface area contributed by atoms with Gasteiger partial charge in [0.05, 0.1) is 0 Å². The summed E-state index contributed by atoms with van der Waals surface area (Å²) in [4.78, 5) is 12.2. The van der Waals surface area contributed by atoms with E-state index in [1.54, 1.807) is 0 Å². The Morgan fingerprint density at radius 2 is 1.75 bits per heavy atom. The van der Waals surface area contributed by atoms with Crippen molar-refractivity contribution in [3.05, 3.63) is 57.1 Å². The fourth-order valence-corrected chi connectivity index (χ4v) is 3.92. The molecule has 0 atom stereocenters. The number of anilines is 1. The highest BCUT2D eigenvalue weighted by atomic mass is 79.9. The van der Waals surface area contributed by atoms with Gasteiger partial charge in [0.1, 0.15) is 5.75 Å². The molecule has 4 heteroatoms. The number of nitrogens with one attached hydrogen (secondary N) is 1. The van der Waals surface area contributed by atoms with Crippen LogP contribution in [0.25, 0.3) is 0 Å². The zero-order valence-electron chi connectivity index (χ0n) is 14.1. The number of carbonyl (C=O) groups is 1. The number of amides is 1. The lowest BCUT2D eigenvalue weighted by Crippen LogP contribution is -2.21. The van der Waals surface area contributed by atoms with E-state index in [1.807, 2.05) is 32.0 Å². The van der Waals surface area contributed by atoms with Gasteiger partial charge in [-0.25, -0.2) is 0 Å². The molecule has 2 aromatic rings. The third kappa shape index (κ3) is 3.99. The molecular formula is C20H22BrNO2. The van der Waals surface area contributed by atoms with Crippen LogP contribution in [0.1, 0.15) is 35.1 Å². The monoisotopic (exact) mass is 387 g/mol. The Bertz CT molecular complexity index is 747. The standard InChI is InChI=1S/C20H22BrNO2/c1-13-9-17(21)10-14(2)20(13)22-19(23)12-24-18-8-7-15-5-3-4-6-16(15)11-18/h7-11H,3-6,12H2,1-2H3,(H,22,23). The first-order valence-electron chi connectivity index (χ1n) is 8.34. The molecule has 0 radical (unpaired) electrons. The van der Waals surface area contributed by atoms with E-state index in [0.717, 1.165) is 39.9 Å². The fourth-order valence-electron chi connectivity index (χ4n) is 3.23. The molecule has 1 N–H and O–H groups in total. The first-order valence-corrected chi connectivity index (χ1v) is 9.13. The normalized spacial score (nSPS) is 13.3. The minimum absolute atomic E-state index is 0.0216. The van der Waals surface area contributed by atoms with Crippen molar-refractivity contribution in [3.8, 4) is 5.75 Å². The predicted octanol–water partition coefficient (Wildman–Crippen LogP) is 4.96. The van der Waals surface area contributed by atoms with Crippen molar-refractivity contribution in [3.63, 3.8) is 0 Å². The summed E-state index contributed by atoms with van der Waals surface area (Å²) >= 11 is 3.47. The summed E-state index contributed by atoms with van der Waals surface area (Å²) in [5.41, 5.74) is 5.70. The Morgan fingerprint density at radius 3 is 2.46 bits per heavy atom. The minimum atomic E-state index is -0.138. The molecule has 0 saturated carbocycles. The van der Waals surface area contributed by atoms with Crippen LogP contribution in [0, 0.1) is 13.8 Å². The predicted molar refractivity (Wildman–Crippen MR) is 101 cm³/mol. The first kappa shape index (κ1) is 17.0. The lowest BCUT2D eigenvalue weighted by Gasteiger charge is -2.17. The van der Waals surface area contributed by atoms with E-state index in [9.17, 15) is 4.79 Å². The average molecular weight is 388 g/mol. The molecular weight excluding hydrogens is 366 g/mol. The first-order chi connectivity index (χ1) is 11.5. The minimum Gasteiger partial charge on any atom is -0.484 e. The second kappa shape index (κ2) is 7.39. The van der Waals surface area contributed by atoms with E-state index in [2.05, 4.69) is 33.4 Å². The highest BCUT2D eigenvalue weighted by Crippen LogP contribution is 2.26. The molecule has 1 aliphatic rings. The van der Waals surface area contributed by atoms with E-state index in [0.29, 0.717) is 0 Å². The van der Waals surface area contributed by atoms with Crippen LogP contribution >= 0.6 is 15.9 Å². The molecule has 2 aromatic carbocycles. The van der Waals surface area contributed by atoms with E-state index >= 15 is 0 Å². The molecule has 1 amide bonds. The van der Waals surface area contributed by atoms with Crippen LogP contribution in [-0.2, 0) is 17.6 Å². The molecule has 0 fully saturated rings. The van der Waals surface area contributed by atoms with Crippen LogP contribution in [0.5, 0.6) is 5.75 Å². The number of halogens is 1. The van der Waals surface area contributed by atoms with Crippen LogP contribution < -0.4 is 10.1 Å². The molecule has 3 nitrogen and oxygen atoms in total. The summed E-state index contributed by atoms with van der Waals surface area (Å²) in [6, 6.07) is 10.2. The van der Waals surface area contributed by atoms with E-state index in [1.165, 1.54) is 24.0 Å². The van der Waals surface area contributed by atoms with Crippen molar-refractivity contribution in [1.82, 2.24) is 0 Å². The van der Waals surface area contributed by atoms with Crippen LogP contribution in [-0.4, -0.2) is 12.5 Å². The number of aryl methyl sites for hydroxylation is 4. The van der Waals surface area contributed by atoms with Crippen molar-refractivity contribution >= 4 is 27.5 Å². The molecule has 0 aromatic heterocycles. The number of hydrogen-bond acceptors (Lipinski definition) is 2. The number of fused-ring (bicyclic) bond motifs is 1. The number of hydrogen-bond donors (Lipinski definition) is 1. The van der Waals surface area contributed by atoms with Gasteiger partial charge in [-0.2, -0.15) is 0 Å². The summed E-state index contributed by atoms with van der Waals surface area (Å²) in [5.74, 6) is 0.635. The quantitative estimate of drug-likeness (QED) is 0.804. The van der Waals surface area contributed by atoms with E-state index < -0.39 is 0 Å². The third-order valence-electron chi connectivity index (χ3n) is 4.45. The molecule has 0 spiro atoms. The van der Waals surface area contributed by atoms with Crippen molar-refractivity contribution < 1.29 is 9.53 Å². The van der Waals surface area contributed by atoms with E-state index in [-0.39, 0.29) is 12.5 Å². The Morgan fingerprint density at radius 1 is 1.08 bits per heavy atom. The smallest absolute Gasteiger partial charge is 0.262 e. The molecule has 0 heterocycles. The number of carbonyl (C=O) groups excluding carboxylic acids is 1. The molecule has 0 unspecified atom stereocenters. The second-order valence-corrected chi connectivity index (χ2v) is 7.30. The highest BCUT2D eigenvalue weighted by Gasteiger charge is 2.12. The number of ether oxygens (including phenoxy) is 1. The Kier molecular flexibility index (Phi) is 5.24. The van der Waals surface area contributed by atoms with Gasteiger partial charge < -0.3 is 10.1 Å². The van der Waals surface area contributed by atoms with Gasteiger partial charge in [0.15, 0.2) is 6.61 Å². The third-order valence-corrected chi connectivity index (χ3v) is 4.91. The average Bonchev–Trinajstić information content (AvgIpc) is 2.56. The fraction of sp³-hybridized carbons (Fsp3) is 0.350. The SMILES string of the molecule is Cc1cc(Br)cc(C)c1NC(=O)COc1ccc2c(c1)CCCC2. The zero-order chi connectivity index (χ0) is 17.1. The number of rotatable bonds is 4. The maximum absolute atomic E-state index is 12.2. The molecule has 3 rings (SSSR count). The van der Waals surface area contributed by atoms with Crippen molar-refractivity contribution in [2.45, 2.75) is 39.5 Å². The van der Waals surface area contributed by atoms with Crippen molar-refractivity contribution in [2.24, 2.45) is 0 Å². The zero-order valence-corrected chi connectivity index (χ0v) is 15.7.